The largest absolute Gasteiger partial charge is 0.361 e. The fourth-order valence-electron chi connectivity index (χ4n) is 4.87. The average molecular weight is 441 g/mol. The molecule has 0 saturated heterocycles. The molecule has 31 heavy (non-hydrogen) atoms. The van der Waals surface area contributed by atoms with Gasteiger partial charge in [0.15, 0.2) is 0 Å². The molecule has 4 heteroatoms. The fourth-order valence-corrected chi connectivity index (χ4v) is 6.43. The van der Waals surface area contributed by atoms with E-state index in [9.17, 15) is 4.57 Å². The van der Waals surface area contributed by atoms with E-state index in [2.05, 4.69) is 65.8 Å². The molecular weight excluding hydrogens is 403 g/mol. The molecule has 2 aromatic rings. The fraction of sp³-hybridized carbons (Fsp3) is 0.481. The standard InChI is InChI=1S/C27H37O3P/c1-9-29-31(28,30-10-2)23-14-11-21(12-15-23)17-19(3)22-13-16-24-25(18-22)27(7,8)20(4)26(24,5)6/h11-18,20H,9-10H2,1-8H3/b19-17+. The van der Waals surface area contributed by atoms with Crippen LogP contribution in [-0.4, -0.2) is 13.2 Å². The average Bonchev–Trinajstić information content (AvgIpc) is 2.86. The van der Waals surface area contributed by atoms with Crippen LogP contribution >= 0.6 is 7.60 Å². The minimum Gasteiger partial charge on any atom is -0.305 e. The van der Waals surface area contributed by atoms with Crippen LogP contribution in [0.15, 0.2) is 42.5 Å². The molecule has 0 saturated carbocycles. The van der Waals surface area contributed by atoms with Crippen LogP contribution in [0.25, 0.3) is 11.6 Å². The SMILES string of the molecule is CCOP(=O)(OCC)c1ccc(/C=C(\C)c2ccc3c(c2)C(C)(C)C(C)C3(C)C)cc1. The molecule has 0 spiro atoms. The number of allylic oxidation sites excluding steroid dienone is 1. The first-order valence-electron chi connectivity index (χ1n) is 11.3. The summed E-state index contributed by atoms with van der Waals surface area (Å²) in [6.07, 6.45) is 2.17. The third kappa shape index (κ3) is 4.33. The quantitative estimate of drug-likeness (QED) is 0.334. The molecular formula is C27H37O3P. The molecule has 1 aliphatic rings. The maximum atomic E-state index is 13.0. The molecule has 3 nitrogen and oxygen atoms in total. The summed E-state index contributed by atoms with van der Waals surface area (Å²) in [4.78, 5) is 0. The van der Waals surface area contributed by atoms with Gasteiger partial charge in [-0.15, -0.1) is 0 Å². The van der Waals surface area contributed by atoms with E-state index in [0.29, 0.717) is 24.4 Å². The van der Waals surface area contributed by atoms with Gasteiger partial charge in [-0.25, -0.2) is 0 Å². The molecule has 0 fully saturated rings. The van der Waals surface area contributed by atoms with Crippen molar-refractivity contribution in [2.45, 2.75) is 66.2 Å². The van der Waals surface area contributed by atoms with Crippen LogP contribution in [0, 0.1) is 5.92 Å². The molecule has 0 bridgehead atoms. The first-order chi connectivity index (χ1) is 14.5. The van der Waals surface area contributed by atoms with Gasteiger partial charge in [-0.2, -0.15) is 0 Å². The van der Waals surface area contributed by atoms with Crippen molar-refractivity contribution in [1.82, 2.24) is 0 Å². The predicted octanol–water partition coefficient (Wildman–Crippen LogP) is 7.34. The number of hydrogen-bond acceptors (Lipinski definition) is 3. The van der Waals surface area contributed by atoms with E-state index in [1.165, 1.54) is 22.3 Å². The maximum Gasteiger partial charge on any atom is 0.361 e. The van der Waals surface area contributed by atoms with Crippen LogP contribution in [-0.2, 0) is 24.4 Å². The van der Waals surface area contributed by atoms with Gasteiger partial charge in [0.05, 0.1) is 18.5 Å². The minimum absolute atomic E-state index is 0.149. The second-order valence-corrected chi connectivity index (χ2v) is 11.7. The lowest BCUT2D eigenvalue weighted by Gasteiger charge is -2.32. The van der Waals surface area contributed by atoms with Crippen molar-refractivity contribution in [3.63, 3.8) is 0 Å². The zero-order chi connectivity index (χ0) is 23.0. The molecule has 0 heterocycles. The zero-order valence-corrected chi connectivity index (χ0v) is 21.2. The summed E-state index contributed by atoms with van der Waals surface area (Å²) in [6.45, 7) is 18.3. The van der Waals surface area contributed by atoms with Crippen molar-refractivity contribution in [2.75, 3.05) is 13.2 Å². The van der Waals surface area contributed by atoms with Gasteiger partial charge in [0, 0.05) is 0 Å². The zero-order valence-electron chi connectivity index (χ0n) is 20.3. The van der Waals surface area contributed by atoms with Crippen LogP contribution in [0.2, 0.25) is 0 Å². The van der Waals surface area contributed by atoms with Gasteiger partial charge in [-0.05, 0) is 77.5 Å². The van der Waals surface area contributed by atoms with Gasteiger partial charge < -0.3 is 9.05 Å². The predicted molar refractivity (Wildman–Crippen MR) is 132 cm³/mol. The Labute approximate surface area is 188 Å². The van der Waals surface area contributed by atoms with E-state index in [1.807, 2.05) is 38.1 Å². The summed E-state index contributed by atoms with van der Waals surface area (Å²) in [5.74, 6) is 0.577. The number of hydrogen-bond donors (Lipinski definition) is 0. The third-order valence-corrected chi connectivity index (χ3v) is 9.35. The molecule has 0 radical (unpaired) electrons. The summed E-state index contributed by atoms with van der Waals surface area (Å²) in [7, 11) is -3.25. The van der Waals surface area contributed by atoms with Gasteiger partial charge in [0.2, 0.25) is 0 Å². The molecule has 168 valence electrons. The molecule has 0 aliphatic heterocycles. The topological polar surface area (TPSA) is 35.5 Å². The monoisotopic (exact) mass is 440 g/mol. The van der Waals surface area contributed by atoms with Crippen LogP contribution in [0.5, 0.6) is 0 Å². The summed E-state index contributed by atoms with van der Waals surface area (Å²) >= 11 is 0. The number of rotatable bonds is 7. The van der Waals surface area contributed by atoms with Crippen LogP contribution in [0.1, 0.15) is 77.6 Å². The summed E-state index contributed by atoms with van der Waals surface area (Å²) in [5.41, 5.74) is 6.77. The Balaban J connectivity index is 1.91. The van der Waals surface area contributed by atoms with Crippen molar-refractivity contribution in [2.24, 2.45) is 5.92 Å². The van der Waals surface area contributed by atoms with Crippen molar-refractivity contribution < 1.29 is 13.6 Å². The van der Waals surface area contributed by atoms with E-state index in [4.69, 9.17) is 9.05 Å². The van der Waals surface area contributed by atoms with Crippen LogP contribution in [0.3, 0.4) is 0 Å². The van der Waals surface area contributed by atoms with Crippen molar-refractivity contribution in [3.8, 4) is 0 Å². The molecule has 0 N–H and O–H groups in total. The van der Waals surface area contributed by atoms with E-state index in [-0.39, 0.29) is 10.8 Å². The van der Waals surface area contributed by atoms with Crippen molar-refractivity contribution in [1.29, 1.82) is 0 Å². The summed E-state index contributed by atoms with van der Waals surface area (Å²) < 4.78 is 23.9. The summed E-state index contributed by atoms with van der Waals surface area (Å²) in [5, 5.41) is 0.599. The Morgan fingerprint density at radius 3 is 2.03 bits per heavy atom. The Hall–Kier alpha value is -1.67. The second-order valence-electron chi connectivity index (χ2n) is 9.68. The van der Waals surface area contributed by atoms with Crippen LogP contribution < -0.4 is 5.30 Å². The Morgan fingerprint density at radius 2 is 1.48 bits per heavy atom. The molecule has 3 rings (SSSR count). The van der Waals surface area contributed by atoms with Gasteiger partial charge in [0.1, 0.15) is 0 Å². The van der Waals surface area contributed by atoms with E-state index >= 15 is 0 Å². The van der Waals surface area contributed by atoms with Crippen molar-refractivity contribution >= 4 is 24.5 Å². The van der Waals surface area contributed by atoms with Gasteiger partial charge in [-0.1, -0.05) is 71.0 Å². The molecule has 1 unspecified atom stereocenters. The molecule has 0 amide bonds. The molecule has 0 aromatic heterocycles. The summed E-state index contributed by atoms with van der Waals surface area (Å²) in [6, 6.07) is 14.6. The van der Waals surface area contributed by atoms with E-state index < -0.39 is 7.60 Å². The molecule has 1 aliphatic carbocycles. The van der Waals surface area contributed by atoms with Crippen molar-refractivity contribution in [3.05, 3.63) is 64.7 Å². The minimum atomic E-state index is -3.25. The molecule has 2 aromatic carbocycles. The normalized spacial score (nSPS) is 20.0. The first kappa shape index (κ1) is 24.0. The van der Waals surface area contributed by atoms with Gasteiger partial charge in [0.25, 0.3) is 0 Å². The smallest absolute Gasteiger partial charge is 0.305 e. The molecule has 1 atom stereocenters. The van der Waals surface area contributed by atoms with Gasteiger partial charge in [-0.3, -0.25) is 4.57 Å². The second kappa shape index (κ2) is 8.70. The van der Waals surface area contributed by atoms with E-state index in [1.54, 1.807) is 0 Å². The highest BCUT2D eigenvalue weighted by Gasteiger charge is 2.48. The highest BCUT2D eigenvalue weighted by molar-refractivity contribution is 7.62. The Bertz CT molecular complexity index is 1010. The lowest BCUT2D eigenvalue weighted by Crippen LogP contribution is -2.30. The maximum absolute atomic E-state index is 13.0. The third-order valence-electron chi connectivity index (χ3n) is 7.22. The van der Waals surface area contributed by atoms with Crippen LogP contribution in [0.4, 0.5) is 0 Å². The highest BCUT2D eigenvalue weighted by Crippen LogP contribution is 2.54. The highest BCUT2D eigenvalue weighted by atomic mass is 31.2. The number of fused-ring (bicyclic) bond motifs is 1. The Morgan fingerprint density at radius 1 is 0.935 bits per heavy atom. The number of benzene rings is 2. The first-order valence-corrected chi connectivity index (χ1v) is 12.8. The lowest BCUT2D eigenvalue weighted by atomic mass is 9.71. The van der Waals surface area contributed by atoms with Gasteiger partial charge >= 0.3 is 7.60 Å². The van der Waals surface area contributed by atoms with E-state index in [0.717, 1.165) is 5.56 Å². The Kier molecular flexibility index (Phi) is 6.73. The lowest BCUT2D eigenvalue weighted by molar-refractivity contribution is 0.230.